The summed E-state index contributed by atoms with van der Waals surface area (Å²) in [7, 11) is 0. The first-order valence-corrected chi connectivity index (χ1v) is 6.90. The van der Waals surface area contributed by atoms with E-state index in [4.69, 9.17) is 28.9 Å². The second kappa shape index (κ2) is 5.47. The van der Waals surface area contributed by atoms with Gasteiger partial charge in [0.2, 0.25) is 0 Å². The monoisotopic (exact) mass is 285 g/mol. The van der Waals surface area contributed by atoms with Gasteiger partial charge < -0.3 is 10.3 Å². The minimum atomic E-state index is 0.203. The summed E-state index contributed by atoms with van der Waals surface area (Å²) in [5, 5.41) is 1.09. The number of halogens is 2. The average molecular weight is 286 g/mol. The van der Waals surface area contributed by atoms with Crippen molar-refractivity contribution in [3.63, 3.8) is 0 Å². The second-order valence-corrected chi connectivity index (χ2v) is 5.30. The number of nitrogens with two attached hydrogens (primary N) is 1. The van der Waals surface area contributed by atoms with E-state index in [1.807, 2.05) is 12.1 Å². The Morgan fingerprint density at radius 1 is 1.33 bits per heavy atom. The maximum absolute atomic E-state index is 6.09. The predicted octanol–water partition coefficient (Wildman–Crippen LogP) is 3.82. The molecule has 0 aliphatic carbocycles. The zero-order chi connectivity index (χ0) is 13.3. The van der Waals surface area contributed by atoms with Crippen LogP contribution < -0.4 is 5.73 Å². The summed E-state index contributed by atoms with van der Waals surface area (Å²) < 4.78 is 2.17. The van der Waals surface area contributed by atoms with E-state index in [2.05, 4.69) is 23.4 Å². The molecular weight excluding hydrogens is 269 g/mol. The fourth-order valence-electron chi connectivity index (χ4n) is 2.14. The third-order valence-electron chi connectivity index (χ3n) is 3.06. The molecule has 2 rings (SSSR count). The molecule has 0 spiro atoms. The van der Waals surface area contributed by atoms with Gasteiger partial charge in [-0.25, -0.2) is 4.98 Å². The number of imidazole rings is 1. The molecule has 18 heavy (non-hydrogen) atoms. The number of aryl methyl sites for hydroxylation is 1. The van der Waals surface area contributed by atoms with Gasteiger partial charge >= 0.3 is 0 Å². The van der Waals surface area contributed by atoms with Crippen molar-refractivity contribution in [1.29, 1.82) is 0 Å². The number of hydrogen-bond acceptors (Lipinski definition) is 2. The summed E-state index contributed by atoms with van der Waals surface area (Å²) in [6.45, 7) is 4.79. The van der Waals surface area contributed by atoms with Gasteiger partial charge in [-0.1, -0.05) is 30.1 Å². The first kappa shape index (κ1) is 13.7. The molecular formula is C13H17Cl2N3. The molecule has 0 saturated carbocycles. The molecule has 0 aliphatic rings. The highest BCUT2D eigenvalue weighted by molar-refractivity contribution is 6.42. The van der Waals surface area contributed by atoms with Gasteiger partial charge in [0.05, 0.1) is 21.1 Å². The fraction of sp³-hybridized carbons (Fsp3) is 0.462. The summed E-state index contributed by atoms with van der Waals surface area (Å²) in [4.78, 5) is 4.64. The van der Waals surface area contributed by atoms with Crippen molar-refractivity contribution in [3.05, 3.63) is 28.0 Å². The van der Waals surface area contributed by atoms with E-state index in [-0.39, 0.29) is 6.04 Å². The molecule has 1 unspecified atom stereocenters. The summed E-state index contributed by atoms with van der Waals surface area (Å²) in [6, 6.07) is 3.89. The van der Waals surface area contributed by atoms with Gasteiger partial charge in [0, 0.05) is 19.0 Å². The molecule has 2 N–H and O–H groups in total. The minimum absolute atomic E-state index is 0.203. The van der Waals surface area contributed by atoms with E-state index in [9.17, 15) is 0 Å². The van der Waals surface area contributed by atoms with Crippen LogP contribution in [0.2, 0.25) is 10.0 Å². The summed E-state index contributed by atoms with van der Waals surface area (Å²) in [6.07, 6.45) is 1.97. The van der Waals surface area contributed by atoms with E-state index >= 15 is 0 Å². The summed E-state index contributed by atoms with van der Waals surface area (Å²) >= 11 is 12.1. The quantitative estimate of drug-likeness (QED) is 0.928. The fourth-order valence-corrected chi connectivity index (χ4v) is 2.45. The molecule has 0 saturated heterocycles. The van der Waals surface area contributed by atoms with Crippen LogP contribution in [0.25, 0.3) is 11.0 Å². The maximum Gasteiger partial charge on any atom is 0.110 e. The van der Waals surface area contributed by atoms with Gasteiger partial charge in [-0.15, -0.1) is 0 Å². The van der Waals surface area contributed by atoms with E-state index in [0.29, 0.717) is 16.6 Å². The second-order valence-electron chi connectivity index (χ2n) is 4.49. The number of benzene rings is 1. The zero-order valence-corrected chi connectivity index (χ0v) is 12.1. The third kappa shape index (κ3) is 2.35. The number of nitrogens with zero attached hydrogens (tertiary/aromatic N) is 2. The molecule has 1 aromatic heterocycles. The molecule has 1 aromatic carbocycles. The largest absolute Gasteiger partial charge is 0.328 e. The molecule has 2 aromatic rings. The molecule has 0 bridgehead atoms. The van der Waals surface area contributed by atoms with E-state index in [1.54, 1.807) is 0 Å². The highest BCUT2D eigenvalue weighted by Gasteiger charge is 2.15. The Kier molecular flexibility index (Phi) is 4.15. The highest BCUT2D eigenvalue weighted by Crippen LogP contribution is 2.30. The standard InChI is InChI=1S/C13H17Cl2N3/c1-3-4-13-17-11-5-9(14)10(15)6-12(11)18(13)8(2)7-16/h5-6,8H,3-4,7,16H2,1-2H3. The van der Waals surface area contributed by atoms with Crippen LogP contribution in [0.3, 0.4) is 0 Å². The van der Waals surface area contributed by atoms with Gasteiger partial charge in [0.25, 0.3) is 0 Å². The molecule has 0 amide bonds. The molecule has 0 radical (unpaired) electrons. The Balaban J connectivity index is 2.68. The van der Waals surface area contributed by atoms with Crippen molar-refractivity contribution >= 4 is 34.2 Å². The van der Waals surface area contributed by atoms with Crippen molar-refractivity contribution in [3.8, 4) is 0 Å². The normalized spacial score (nSPS) is 13.2. The Morgan fingerprint density at radius 2 is 2.00 bits per heavy atom. The van der Waals surface area contributed by atoms with E-state index in [0.717, 1.165) is 29.7 Å². The van der Waals surface area contributed by atoms with E-state index < -0.39 is 0 Å². The van der Waals surface area contributed by atoms with Crippen molar-refractivity contribution in [2.75, 3.05) is 6.54 Å². The van der Waals surface area contributed by atoms with Crippen molar-refractivity contribution < 1.29 is 0 Å². The van der Waals surface area contributed by atoms with Crippen LogP contribution in [0.5, 0.6) is 0 Å². The van der Waals surface area contributed by atoms with Crippen LogP contribution in [-0.2, 0) is 6.42 Å². The lowest BCUT2D eigenvalue weighted by molar-refractivity contribution is 0.544. The SMILES string of the molecule is CCCc1nc2cc(Cl)c(Cl)cc2n1C(C)CN. The van der Waals surface area contributed by atoms with Gasteiger partial charge in [-0.3, -0.25) is 0 Å². The van der Waals surface area contributed by atoms with Crippen LogP contribution in [0, 0.1) is 0 Å². The van der Waals surface area contributed by atoms with Crippen LogP contribution in [0.1, 0.15) is 32.1 Å². The topological polar surface area (TPSA) is 43.8 Å². The number of hydrogen-bond donors (Lipinski definition) is 1. The molecule has 3 nitrogen and oxygen atoms in total. The van der Waals surface area contributed by atoms with Crippen LogP contribution in [0.4, 0.5) is 0 Å². The maximum atomic E-state index is 6.09. The molecule has 98 valence electrons. The number of rotatable bonds is 4. The minimum Gasteiger partial charge on any atom is -0.328 e. The van der Waals surface area contributed by atoms with Crippen molar-refractivity contribution in [1.82, 2.24) is 9.55 Å². The zero-order valence-electron chi connectivity index (χ0n) is 10.6. The van der Waals surface area contributed by atoms with Crippen LogP contribution in [0.15, 0.2) is 12.1 Å². The number of fused-ring (bicyclic) bond motifs is 1. The lowest BCUT2D eigenvalue weighted by Crippen LogP contribution is -2.18. The molecule has 0 fully saturated rings. The Hall–Kier alpha value is -0.770. The van der Waals surface area contributed by atoms with Gasteiger partial charge in [0.1, 0.15) is 5.82 Å². The predicted molar refractivity (Wildman–Crippen MR) is 77.5 cm³/mol. The molecule has 0 aliphatic heterocycles. The molecule has 1 heterocycles. The number of aromatic nitrogens is 2. The lowest BCUT2D eigenvalue weighted by atomic mass is 10.2. The Bertz CT molecular complexity index is 563. The summed E-state index contributed by atoms with van der Waals surface area (Å²) in [5.74, 6) is 1.05. The van der Waals surface area contributed by atoms with Crippen LogP contribution >= 0.6 is 23.2 Å². The lowest BCUT2D eigenvalue weighted by Gasteiger charge is -2.15. The van der Waals surface area contributed by atoms with E-state index in [1.165, 1.54) is 0 Å². The van der Waals surface area contributed by atoms with Crippen LogP contribution in [-0.4, -0.2) is 16.1 Å². The van der Waals surface area contributed by atoms with Gasteiger partial charge in [-0.2, -0.15) is 0 Å². The van der Waals surface area contributed by atoms with Gasteiger partial charge in [-0.05, 0) is 25.5 Å². The Morgan fingerprint density at radius 3 is 2.61 bits per heavy atom. The van der Waals surface area contributed by atoms with Crippen molar-refractivity contribution in [2.24, 2.45) is 5.73 Å². The average Bonchev–Trinajstić information content (AvgIpc) is 2.67. The first-order valence-electron chi connectivity index (χ1n) is 6.14. The molecule has 1 atom stereocenters. The van der Waals surface area contributed by atoms with Gasteiger partial charge in [0.15, 0.2) is 0 Å². The first-order chi connectivity index (χ1) is 8.58. The smallest absolute Gasteiger partial charge is 0.110 e. The van der Waals surface area contributed by atoms with Crippen molar-refractivity contribution in [2.45, 2.75) is 32.7 Å². The summed E-state index contributed by atoms with van der Waals surface area (Å²) in [5.41, 5.74) is 7.67. The highest BCUT2D eigenvalue weighted by atomic mass is 35.5. The third-order valence-corrected chi connectivity index (χ3v) is 3.78. The Labute approximate surface area is 117 Å². The molecule has 5 heteroatoms.